The van der Waals surface area contributed by atoms with E-state index in [0.717, 1.165) is 12.0 Å². The van der Waals surface area contributed by atoms with Gasteiger partial charge in [0.05, 0.1) is 21.3 Å². The first kappa shape index (κ1) is 18.9. The van der Waals surface area contributed by atoms with Gasteiger partial charge in [-0.25, -0.2) is 8.42 Å². The molecule has 2 saturated carbocycles. The largest absolute Gasteiger partial charge is 1.00 e. The summed E-state index contributed by atoms with van der Waals surface area (Å²) < 4.78 is 34.0. The van der Waals surface area contributed by atoms with Crippen LogP contribution in [0.2, 0.25) is 0 Å². The molecule has 2 fully saturated rings. The summed E-state index contributed by atoms with van der Waals surface area (Å²) in [5, 5.41) is 0. The Balaban J connectivity index is 0.00000192. The maximum Gasteiger partial charge on any atom is 1.00 e. The summed E-state index contributed by atoms with van der Waals surface area (Å²) >= 11 is 0. The monoisotopic (exact) mass is 342 g/mol. The Bertz CT molecular complexity index is 752. The molecule has 1 aromatic rings. The summed E-state index contributed by atoms with van der Waals surface area (Å²) in [5.74, 6) is -0.729. The average molecular weight is 342 g/mol. The minimum absolute atomic E-state index is 0. The average Bonchev–Trinajstić information content (AvgIpc) is 2.73. The van der Waals surface area contributed by atoms with E-state index in [0.29, 0.717) is 12.0 Å². The number of hydrogen-bond acceptors (Lipinski definition) is 4. The van der Waals surface area contributed by atoms with Crippen LogP contribution in [0.25, 0.3) is 6.08 Å². The second-order valence-corrected chi connectivity index (χ2v) is 8.34. The van der Waals surface area contributed by atoms with Crippen molar-refractivity contribution < 1.29 is 47.3 Å². The van der Waals surface area contributed by atoms with Gasteiger partial charge in [0.15, 0.2) is 5.78 Å². The summed E-state index contributed by atoms with van der Waals surface area (Å²) in [5.41, 5.74) is 0.0431. The van der Waals surface area contributed by atoms with Crippen LogP contribution in [-0.2, 0) is 14.9 Å². The fourth-order valence-electron chi connectivity index (χ4n) is 4.31. The van der Waals surface area contributed by atoms with Gasteiger partial charge in [-0.15, -0.1) is 0 Å². The van der Waals surface area contributed by atoms with Gasteiger partial charge < -0.3 is 4.55 Å². The number of Topliss-reactive ketones (excluding diaryl/α,β-unsaturated/α-hetero) is 1. The second kappa shape index (κ2) is 6.12. The summed E-state index contributed by atoms with van der Waals surface area (Å²) in [6.45, 7) is 3.83. The Hall–Kier alpha value is -0.460. The van der Waals surface area contributed by atoms with Crippen LogP contribution >= 0.6 is 0 Å². The van der Waals surface area contributed by atoms with Crippen molar-refractivity contribution in [1.29, 1.82) is 0 Å². The van der Waals surface area contributed by atoms with E-state index in [2.05, 4.69) is 0 Å². The molecular weight excluding hydrogens is 323 g/mol. The first-order valence-electron chi connectivity index (χ1n) is 7.42. The van der Waals surface area contributed by atoms with Crippen molar-refractivity contribution in [3.63, 3.8) is 0 Å². The Morgan fingerprint density at radius 3 is 2.43 bits per heavy atom. The van der Waals surface area contributed by atoms with Gasteiger partial charge in [0.2, 0.25) is 0 Å². The van der Waals surface area contributed by atoms with E-state index in [1.165, 1.54) is 0 Å². The third-order valence-electron chi connectivity index (χ3n) is 5.58. The van der Waals surface area contributed by atoms with Crippen molar-refractivity contribution in [2.45, 2.75) is 26.7 Å². The molecule has 0 aliphatic heterocycles. The van der Waals surface area contributed by atoms with Gasteiger partial charge >= 0.3 is 29.6 Å². The van der Waals surface area contributed by atoms with E-state index in [-0.39, 0.29) is 41.3 Å². The van der Waals surface area contributed by atoms with E-state index in [1.807, 2.05) is 50.3 Å². The Kier molecular flexibility index (Phi) is 5.02. The molecule has 0 N–H and O–H groups in total. The molecule has 0 heterocycles. The van der Waals surface area contributed by atoms with Crippen molar-refractivity contribution >= 4 is 22.0 Å². The Morgan fingerprint density at radius 2 is 1.87 bits per heavy atom. The maximum absolute atomic E-state index is 12.9. The molecule has 2 atom stereocenters. The molecule has 1 aromatic carbocycles. The van der Waals surface area contributed by atoms with Crippen LogP contribution in [0.3, 0.4) is 0 Å². The minimum atomic E-state index is -4.45. The normalized spacial score (nSPS) is 30.5. The number of benzene rings is 1. The molecule has 2 bridgehead atoms. The summed E-state index contributed by atoms with van der Waals surface area (Å²) in [6.07, 6.45) is 3.09. The minimum Gasteiger partial charge on any atom is -0.748 e. The van der Waals surface area contributed by atoms with Crippen molar-refractivity contribution in [1.82, 2.24) is 0 Å². The van der Waals surface area contributed by atoms with Crippen molar-refractivity contribution in [3.05, 3.63) is 41.5 Å². The fraction of sp³-hybridized carbons (Fsp3) is 0.471. The first-order valence-corrected chi connectivity index (χ1v) is 9.00. The molecule has 4 nitrogen and oxygen atoms in total. The molecule has 2 unspecified atom stereocenters. The molecule has 2 aliphatic carbocycles. The van der Waals surface area contributed by atoms with Crippen LogP contribution < -0.4 is 29.6 Å². The van der Waals surface area contributed by atoms with E-state index < -0.39 is 26.7 Å². The molecule has 23 heavy (non-hydrogen) atoms. The van der Waals surface area contributed by atoms with Crippen LogP contribution in [0.15, 0.2) is 35.9 Å². The summed E-state index contributed by atoms with van der Waals surface area (Å²) in [6, 6.07) is 9.52. The van der Waals surface area contributed by atoms with Crippen LogP contribution in [0.1, 0.15) is 32.3 Å². The van der Waals surface area contributed by atoms with Gasteiger partial charge in [0.1, 0.15) is 0 Å². The molecular formula is C17H19NaO4S. The smallest absolute Gasteiger partial charge is 0.748 e. The third-order valence-corrected chi connectivity index (χ3v) is 6.43. The standard InChI is InChI=1S/C17H20O4S.Na/c1-16(2)14-8-9-17(16,11-22(19,20)21)15(18)13(14)10-12-6-4-3-5-7-12;/h3-7,10,14H,8-9,11H2,1-2H3,(H,19,20,21);/q;+1/p-1/b13-10-;. The number of carbonyl (C=O) groups is 1. The first-order chi connectivity index (χ1) is 10.2. The number of ketones is 1. The summed E-state index contributed by atoms with van der Waals surface area (Å²) in [4.78, 5) is 12.9. The number of carbonyl (C=O) groups excluding carboxylic acids is 1. The molecule has 0 spiro atoms. The van der Waals surface area contributed by atoms with Gasteiger partial charge in [-0.05, 0) is 35.8 Å². The topological polar surface area (TPSA) is 74.3 Å². The van der Waals surface area contributed by atoms with E-state index in [1.54, 1.807) is 0 Å². The van der Waals surface area contributed by atoms with Gasteiger partial charge in [0.25, 0.3) is 0 Å². The fourth-order valence-corrected chi connectivity index (χ4v) is 5.56. The zero-order valence-corrected chi connectivity index (χ0v) is 16.5. The molecule has 6 heteroatoms. The number of fused-ring (bicyclic) bond motifs is 2. The van der Waals surface area contributed by atoms with Crippen molar-refractivity contribution in [2.75, 3.05) is 5.75 Å². The predicted molar refractivity (Wildman–Crippen MR) is 82.9 cm³/mol. The molecule has 2 aliphatic rings. The van der Waals surface area contributed by atoms with E-state index in [4.69, 9.17) is 0 Å². The Morgan fingerprint density at radius 1 is 1.26 bits per heavy atom. The quantitative estimate of drug-likeness (QED) is 0.427. The van der Waals surface area contributed by atoms with Crippen molar-refractivity contribution in [3.8, 4) is 0 Å². The third kappa shape index (κ3) is 2.98. The molecule has 118 valence electrons. The van der Waals surface area contributed by atoms with Crippen molar-refractivity contribution in [2.24, 2.45) is 16.7 Å². The zero-order chi connectivity index (χ0) is 16.2. The van der Waals surface area contributed by atoms with Gasteiger partial charge in [0, 0.05) is 5.57 Å². The number of rotatable bonds is 3. The molecule has 0 saturated heterocycles. The van der Waals surface area contributed by atoms with E-state index >= 15 is 0 Å². The molecule has 0 aromatic heterocycles. The Labute approximate surface area is 159 Å². The van der Waals surface area contributed by atoms with Crippen LogP contribution in [0.4, 0.5) is 0 Å². The number of allylic oxidation sites excluding steroid dienone is 1. The van der Waals surface area contributed by atoms with Gasteiger partial charge in [-0.1, -0.05) is 44.2 Å². The van der Waals surface area contributed by atoms with E-state index in [9.17, 15) is 17.8 Å². The number of hydrogen-bond donors (Lipinski definition) is 0. The molecule has 3 rings (SSSR count). The van der Waals surface area contributed by atoms with Crippen LogP contribution in [0, 0.1) is 16.7 Å². The zero-order valence-electron chi connectivity index (χ0n) is 13.7. The van der Waals surface area contributed by atoms with Gasteiger partial charge in [-0.3, -0.25) is 4.79 Å². The summed E-state index contributed by atoms with van der Waals surface area (Å²) in [7, 11) is -4.45. The SMILES string of the molecule is CC1(C)C2CCC1(CS(=O)(=O)[O-])C(=O)/C2=C\c1ccccc1.[Na+]. The van der Waals surface area contributed by atoms with Crippen LogP contribution in [0.5, 0.6) is 0 Å². The maximum atomic E-state index is 12.9. The molecule has 0 radical (unpaired) electrons. The predicted octanol–water partition coefficient (Wildman–Crippen LogP) is -0.375. The van der Waals surface area contributed by atoms with Gasteiger partial charge in [-0.2, -0.15) is 0 Å². The van der Waals surface area contributed by atoms with Crippen LogP contribution in [-0.4, -0.2) is 24.5 Å². The molecule has 0 amide bonds. The second-order valence-electron chi connectivity index (χ2n) is 6.94.